The van der Waals surface area contributed by atoms with Gasteiger partial charge in [0.25, 0.3) is 0 Å². The molecule has 2 N–H and O–H groups in total. The summed E-state index contributed by atoms with van der Waals surface area (Å²) in [5.74, 6) is -0.892. The lowest BCUT2D eigenvalue weighted by Gasteiger charge is -2.42. The second-order valence-electron chi connectivity index (χ2n) is 5.27. The lowest BCUT2D eigenvalue weighted by Crippen LogP contribution is -2.40. The molecule has 0 amide bonds. The molecule has 0 aliphatic heterocycles. The molecule has 1 saturated carbocycles. The summed E-state index contributed by atoms with van der Waals surface area (Å²) in [5.41, 5.74) is 5.84. The molecule has 2 nitrogen and oxygen atoms in total. The standard InChI is InChI=1S/C16H14ClF2NO/c17-12-4-2-10(8-13(12)18)16(6-1-7-16)21-15-5-3-11(20)9-14(15)19/h2-5,8-9H,1,6-7,20H2. The van der Waals surface area contributed by atoms with E-state index in [2.05, 4.69) is 0 Å². The summed E-state index contributed by atoms with van der Waals surface area (Å²) in [4.78, 5) is 0. The molecule has 1 aliphatic rings. The smallest absolute Gasteiger partial charge is 0.167 e. The van der Waals surface area contributed by atoms with Gasteiger partial charge >= 0.3 is 0 Å². The van der Waals surface area contributed by atoms with E-state index in [-0.39, 0.29) is 10.8 Å². The number of nitrogens with two attached hydrogens (primary N) is 1. The van der Waals surface area contributed by atoms with Crippen molar-refractivity contribution in [1.29, 1.82) is 0 Å². The number of anilines is 1. The highest BCUT2D eigenvalue weighted by molar-refractivity contribution is 6.30. The molecule has 0 unspecified atom stereocenters. The first-order valence-corrected chi connectivity index (χ1v) is 7.08. The number of ether oxygens (including phenoxy) is 1. The molecule has 3 rings (SSSR count). The van der Waals surface area contributed by atoms with Crippen LogP contribution in [0.5, 0.6) is 5.75 Å². The molecule has 1 aliphatic carbocycles. The highest BCUT2D eigenvalue weighted by atomic mass is 35.5. The van der Waals surface area contributed by atoms with Gasteiger partial charge in [-0.2, -0.15) is 0 Å². The van der Waals surface area contributed by atoms with Crippen molar-refractivity contribution in [2.24, 2.45) is 0 Å². The summed E-state index contributed by atoms with van der Waals surface area (Å²) >= 11 is 5.71. The molecule has 5 heteroatoms. The normalized spacial score (nSPS) is 16.3. The zero-order valence-corrected chi connectivity index (χ0v) is 12.0. The number of hydrogen-bond donors (Lipinski definition) is 1. The van der Waals surface area contributed by atoms with Gasteiger partial charge in [0, 0.05) is 11.8 Å². The predicted octanol–water partition coefficient (Wildman–Crippen LogP) is 4.66. The number of rotatable bonds is 3. The number of nitrogen functional groups attached to an aromatic ring is 1. The second-order valence-corrected chi connectivity index (χ2v) is 5.68. The van der Waals surface area contributed by atoms with E-state index in [1.165, 1.54) is 24.3 Å². The summed E-state index contributed by atoms with van der Waals surface area (Å²) in [6.07, 6.45) is 2.36. The van der Waals surface area contributed by atoms with E-state index in [9.17, 15) is 8.78 Å². The van der Waals surface area contributed by atoms with Crippen LogP contribution in [-0.4, -0.2) is 0 Å². The third-order valence-electron chi connectivity index (χ3n) is 3.87. The largest absolute Gasteiger partial charge is 0.480 e. The molecule has 110 valence electrons. The molecule has 0 spiro atoms. The number of benzene rings is 2. The van der Waals surface area contributed by atoms with Crippen LogP contribution in [0.2, 0.25) is 5.02 Å². The Morgan fingerprint density at radius 1 is 1.05 bits per heavy atom. The fraction of sp³-hybridized carbons (Fsp3) is 0.250. The van der Waals surface area contributed by atoms with Gasteiger partial charge in [-0.05, 0) is 49.1 Å². The molecule has 0 heterocycles. The highest BCUT2D eigenvalue weighted by Crippen LogP contribution is 2.46. The topological polar surface area (TPSA) is 35.2 Å². The quantitative estimate of drug-likeness (QED) is 0.837. The molecule has 0 saturated heterocycles. The van der Waals surface area contributed by atoms with Crippen LogP contribution in [0.4, 0.5) is 14.5 Å². The predicted molar refractivity (Wildman–Crippen MR) is 78.4 cm³/mol. The van der Waals surface area contributed by atoms with E-state index in [1.54, 1.807) is 12.1 Å². The second kappa shape index (κ2) is 5.19. The SMILES string of the molecule is Nc1ccc(OC2(c3ccc(Cl)c(F)c3)CCC2)c(F)c1. The minimum Gasteiger partial charge on any atom is -0.480 e. The lowest BCUT2D eigenvalue weighted by atomic mass is 9.74. The van der Waals surface area contributed by atoms with E-state index in [4.69, 9.17) is 22.1 Å². The summed E-state index contributed by atoms with van der Waals surface area (Å²) in [5, 5.41) is 0.0619. The minimum absolute atomic E-state index is 0.0619. The third kappa shape index (κ3) is 2.56. The van der Waals surface area contributed by atoms with Crippen molar-refractivity contribution in [3.63, 3.8) is 0 Å². The maximum Gasteiger partial charge on any atom is 0.167 e. The Hall–Kier alpha value is -1.81. The van der Waals surface area contributed by atoms with E-state index in [1.807, 2.05) is 0 Å². The van der Waals surface area contributed by atoms with Crippen LogP contribution in [0, 0.1) is 11.6 Å². The van der Waals surface area contributed by atoms with Crippen molar-refractivity contribution >= 4 is 17.3 Å². The molecule has 2 aromatic carbocycles. The minimum atomic E-state index is -0.692. The van der Waals surface area contributed by atoms with Gasteiger partial charge in [-0.15, -0.1) is 0 Å². The molecule has 0 atom stereocenters. The van der Waals surface area contributed by atoms with Crippen molar-refractivity contribution in [3.8, 4) is 5.75 Å². The molecule has 0 aromatic heterocycles. The van der Waals surface area contributed by atoms with Gasteiger partial charge in [0.2, 0.25) is 0 Å². The lowest BCUT2D eigenvalue weighted by molar-refractivity contribution is -0.0155. The Morgan fingerprint density at radius 2 is 1.81 bits per heavy atom. The van der Waals surface area contributed by atoms with Gasteiger partial charge < -0.3 is 10.5 Å². The molecule has 2 aromatic rings. The van der Waals surface area contributed by atoms with Crippen molar-refractivity contribution in [3.05, 3.63) is 58.6 Å². The van der Waals surface area contributed by atoms with Crippen molar-refractivity contribution in [1.82, 2.24) is 0 Å². The Balaban J connectivity index is 1.95. The molecule has 21 heavy (non-hydrogen) atoms. The maximum atomic E-state index is 13.9. The van der Waals surface area contributed by atoms with Gasteiger partial charge in [0.1, 0.15) is 11.4 Å². The van der Waals surface area contributed by atoms with Gasteiger partial charge in [-0.25, -0.2) is 8.78 Å². The van der Waals surface area contributed by atoms with Crippen LogP contribution in [0.25, 0.3) is 0 Å². The van der Waals surface area contributed by atoms with Crippen molar-refractivity contribution < 1.29 is 13.5 Å². The first-order chi connectivity index (χ1) is 10.00. The van der Waals surface area contributed by atoms with Crippen LogP contribution in [0.15, 0.2) is 36.4 Å². The first-order valence-electron chi connectivity index (χ1n) is 6.70. The molecular weight excluding hydrogens is 296 g/mol. The zero-order chi connectivity index (χ0) is 15.0. The van der Waals surface area contributed by atoms with Crippen molar-refractivity contribution in [2.45, 2.75) is 24.9 Å². The van der Waals surface area contributed by atoms with Crippen LogP contribution in [0.3, 0.4) is 0 Å². The van der Waals surface area contributed by atoms with E-state index in [0.717, 1.165) is 6.42 Å². The van der Waals surface area contributed by atoms with E-state index in [0.29, 0.717) is 24.1 Å². The summed E-state index contributed by atoms with van der Waals surface area (Å²) in [7, 11) is 0. The third-order valence-corrected chi connectivity index (χ3v) is 4.17. The van der Waals surface area contributed by atoms with E-state index >= 15 is 0 Å². The molecular formula is C16H14ClF2NO. The average Bonchev–Trinajstić information content (AvgIpc) is 2.39. The van der Waals surface area contributed by atoms with Gasteiger partial charge in [0.15, 0.2) is 11.6 Å². The summed E-state index contributed by atoms with van der Waals surface area (Å²) < 4.78 is 33.4. The molecule has 0 bridgehead atoms. The Morgan fingerprint density at radius 3 is 2.38 bits per heavy atom. The summed E-state index contributed by atoms with van der Waals surface area (Å²) in [6, 6.07) is 8.86. The Kier molecular flexibility index (Phi) is 3.49. The van der Waals surface area contributed by atoms with Crippen LogP contribution >= 0.6 is 11.6 Å². The maximum absolute atomic E-state index is 13.9. The van der Waals surface area contributed by atoms with E-state index < -0.39 is 17.2 Å². The Bertz CT molecular complexity index is 686. The number of hydrogen-bond acceptors (Lipinski definition) is 2. The monoisotopic (exact) mass is 309 g/mol. The van der Waals surface area contributed by atoms with Crippen molar-refractivity contribution in [2.75, 3.05) is 5.73 Å². The Labute approximate surface area is 126 Å². The van der Waals surface area contributed by atoms with Gasteiger partial charge in [0.05, 0.1) is 5.02 Å². The van der Waals surface area contributed by atoms with Crippen LogP contribution < -0.4 is 10.5 Å². The highest BCUT2D eigenvalue weighted by Gasteiger charge is 2.42. The molecule has 1 fully saturated rings. The van der Waals surface area contributed by atoms with Gasteiger partial charge in [-0.1, -0.05) is 17.7 Å². The first kappa shape index (κ1) is 14.1. The summed E-state index contributed by atoms with van der Waals surface area (Å²) in [6.45, 7) is 0. The zero-order valence-electron chi connectivity index (χ0n) is 11.2. The number of halogens is 3. The average molecular weight is 310 g/mol. The van der Waals surface area contributed by atoms with Crippen LogP contribution in [-0.2, 0) is 5.60 Å². The van der Waals surface area contributed by atoms with Gasteiger partial charge in [-0.3, -0.25) is 0 Å². The molecule has 0 radical (unpaired) electrons. The van der Waals surface area contributed by atoms with Crippen LogP contribution in [0.1, 0.15) is 24.8 Å². The fourth-order valence-electron chi connectivity index (χ4n) is 2.54. The fourth-order valence-corrected chi connectivity index (χ4v) is 2.65.